The van der Waals surface area contributed by atoms with Crippen LogP contribution in [0.15, 0.2) is 0 Å². The number of hydrogen-bond donors (Lipinski definition) is 0. The van der Waals surface area contributed by atoms with Gasteiger partial charge in [0.15, 0.2) is 0 Å². The number of ether oxygens (including phenoxy) is 1. The van der Waals surface area contributed by atoms with E-state index in [0.717, 1.165) is 0 Å². The van der Waals surface area contributed by atoms with Gasteiger partial charge in [-0.2, -0.15) is 101 Å². The molecule has 37 heavy (non-hydrogen) atoms. The van der Waals surface area contributed by atoms with E-state index in [2.05, 4.69) is 0 Å². The van der Waals surface area contributed by atoms with E-state index in [0.29, 0.717) is 0 Å². The Morgan fingerprint density at radius 3 is 0.703 bits per heavy atom. The smallest absolute Gasteiger partial charge is 0.387 e. The summed E-state index contributed by atoms with van der Waals surface area (Å²) in [6.45, 7) is -0.866. The van der Waals surface area contributed by atoms with Gasteiger partial charge in [-0.25, -0.2) is 4.79 Å². The maximum Gasteiger partial charge on any atom is 0.473 e. The second-order valence-electron chi connectivity index (χ2n) is 6.37. The van der Waals surface area contributed by atoms with Gasteiger partial charge in [0.2, 0.25) is 0 Å². The van der Waals surface area contributed by atoms with Crippen LogP contribution in [0.1, 0.15) is 0 Å². The highest BCUT2D eigenvalue weighted by atomic mass is 19.4. The molecule has 0 spiro atoms. The summed E-state index contributed by atoms with van der Waals surface area (Å²) in [7, 11) is 0. The van der Waals surface area contributed by atoms with E-state index in [9.17, 15) is 106 Å². The summed E-state index contributed by atoms with van der Waals surface area (Å²) in [5.74, 6) is -81.8. The predicted molar refractivity (Wildman–Crippen MR) is 62.3 cm³/mol. The first-order valence-corrected chi connectivity index (χ1v) is 7.46. The molecule has 0 aromatic rings. The summed E-state index contributed by atoms with van der Waals surface area (Å²) in [5.41, 5.74) is 0. The van der Waals surface area contributed by atoms with Crippen LogP contribution in [0.4, 0.5) is 101 Å². The second-order valence-corrected chi connectivity index (χ2v) is 6.37. The van der Waals surface area contributed by atoms with E-state index in [1.165, 1.54) is 0 Å². The molecule has 0 saturated heterocycles. The lowest BCUT2D eigenvalue weighted by molar-refractivity contribution is -0.484. The zero-order valence-electron chi connectivity index (χ0n) is 15.5. The normalized spacial score (nSPS) is 16.6. The van der Waals surface area contributed by atoms with Gasteiger partial charge in [0, 0.05) is 0 Å². The SMILES string of the molecule is O=[C]OC(F)(F)C(F)(F)C(F)(F)C(F)(F)C(F)(F)C(F)(F)C(F)(F)C(F)(F)C(F)(F)C(F)(F)C(F)(F)F. The van der Waals surface area contributed by atoms with Crippen molar-refractivity contribution in [1.29, 1.82) is 0 Å². The predicted octanol–water partition coefficient (Wildman–Crippen LogP) is 6.94. The number of rotatable bonds is 11. The van der Waals surface area contributed by atoms with Gasteiger partial charge in [0.25, 0.3) is 0 Å². The molecule has 0 atom stereocenters. The molecule has 0 heterocycles. The van der Waals surface area contributed by atoms with Crippen LogP contribution in [0.5, 0.6) is 0 Å². The molecule has 0 aliphatic heterocycles. The van der Waals surface area contributed by atoms with Crippen LogP contribution in [0.25, 0.3) is 0 Å². The van der Waals surface area contributed by atoms with Crippen molar-refractivity contribution in [2.24, 2.45) is 0 Å². The van der Waals surface area contributed by atoms with E-state index in [1.54, 1.807) is 4.74 Å². The zero-order valence-corrected chi connectivity index (χ0v) is 15.5. The molecule has 0 rings (SSSR count). The Hall–Kier alpha value is -2.14. The highest BCUT2D eigenvalue weighted by Crippen LogP contribution is 2.67. The van der Waals surface area contributed by atoms with E-state index >= 15 is 0 Å². The molecular weight excluding hydrogens is 613 g/mol. The third-order valence-electron chi connectivity index (χ3n) is 4.05. The van der Waals surface area contributed by atoms with Crippen LogP contribution < -0.4 is 0 Å². The van der Waals surface area contributed by atoms with Crippen LogP contribution in [0.3, 0.4) is 0 Å². The second kappa shape index (κ2) is 8.43. The minimum absolute atomic E-state index is 0.866. The van der Waals surface area contributed by atoms with Crippen molar-refractivity contribution >= 4 is 6.47 Å². The first-order chi connectivity index (χ1) is 15.6. The third kappa shape index (κ3) is 4.07. The van der Waals surface area contributed by atoms with Crippen LogP contribution >= 0.6 is 0 Å². The molecule has 0 unspecified atom stereocenters. The van der Waals surface area contributed by atoms with Gasteiger partial charge in [-0.1, -0.05) is 0 Å². The largest absolute Gasteiger partial charge is 0.473 e. The molecule has 0 aromatic carbocycles. The van der Waals surface area contributed by atoms with Gasteiger partial charge in [0.05, 0.1) is 0 Å². The highest BCUT2D eigenvalue weighted by Gasteiger charge is 2.99. The van der Waals surface area contributed by atoms with Gasteiger partial charge in [-0.15, -0.1) is 0 Å². The molecule has 0 aromatic heterocycles. The maximum atomic E-state index is 13.4. The first kappa shape index (κ1) is 34.9. The van der Waals surface area contributed by atoms with Crippen LogP contribution in [-0.4, -0.2) is 72.1 Å². The third-order valence-corrected chi connectivity index (χ3v) is 4.05. The fraction of sp³-hybridized carbons (Fsp3) is 0.917. The van der Waals surface area contributed by atoms with Crippen molar-refractivity contribution in [2.45, 2.75) is 65.6 Å². The van der Waals surface area contributed by atoms with Crippen molar-refractivity contribution in [2.75, 3.05) is 0 Å². The molecule has 0 amide bonds. The summed E-state index contributed by atoms with van der Waals surface area (Å²) < 4.78 is 300. The highest BCUT2D eigenvalue weighted by molar-refractivity contribution is 5.39. The average molecular weight is 613 g/mol. The van der Waals surface area contributed by atoms with Gasteiger partial charge < -0.3 is 4.74 Å². The molecule has 0 aliphatic rings. The van der Waals surface area contributed by atoms with Crippen molar-refractivity contribution in [3.05, 3.63) is 0 Å². The van der Waals surface area contributed by atoms with Gasteiger partial charge >= 0.3 is 72.1 Å². The van der Waals surface area contributed by atoms with Crippen molar-refractivity contribution < 1.29 is 111 Å². The minimum Gasteiger partial charge on any atom is -0.387 e. The van der Waals surface area contributed by atoms with E-state index in [1.807, 2.05) is 0 Å². The van der Waals surface area contributed by atoms with Crippen molar-refractivity contribution in [1.82, 2.24) is 0 Å². The lowest BCUT2D eigenvalue weighted by atomic mass is 9.86. The summed E-state index contributed by atoms with van der Waals surface area (Å²) >= 11 is 0. The zero-order chi connectivity index (χ0) is 30.9. The summed E-state index contributed by atoms with van der Waals surface area (Å²) in [4.78, 5) is 9.43. The molecular formula is C12F23O2. The molecule has 0 N–H and O–H groups in total. The van der Waals surface area contributed by atoms with Crippen molar-refractivity contribution in [3.8, 4) is 0 Å². The van der Waals surface area contributed by atoms with Gasteiger partial charge in [-0.05, 0) is 0 Å². The van der Waals surface area contributed by atoms with E-state index < -0.39 is 72.1 Å². The topological polar surface area (TPSA) is 26.3 Å². The molecule has 25 heteroatoms. The lowest BCUT2D eigenvalue weighted by Crippen LogP contribution is -2.77. The molecule has 1 radical (unpaired) electrons. The Labute approximate surface area is 184 Å². The molecule has 0 aliphatic carbocycles. The standard InChI is InChI=1S/C12F23O2/c13-2(14,3(15,16)5(19,20)7(23,24)9(27,28)11(31,32)33)4(17,18)6(21,22)8(25,26)10(29,30)12(34,35)37-1-36. The minimum atomic E-state index is -9.47. The number of halogens is 23. The summed E-state index contributed by atoms with van der Waals surface area (Å²) in [6, 6.07) is 0. The van der Waals surface area contributed by atoms with Crippen molar-refractivity contribution in [3.63, 3.8) is 0 Å². The number of alkyl halides is 23. The number of carbonyl (C=O) groups excluding carboxylic acids is 1. The molecule has 0 bridgehead atoms. The molecule has 2 nitrogen and oxygen atoms in total. The Bertz CT molecular complexity index is 850. The average Bonchev–Trinajstić information content (AvgIpc) is 2.65. The van der Waals surface area contributed by atoms with Crippen LogP contribution in [-0.2, 0) is 9.53 Å². The fourth-order valence-corrected chi connectivity index (χ4v) is 1.86. The summed E-state index contributed by atoms with van der Waals surface area (Å²) in [5, 5.41) is 0. The lowest BCUT2D eigenvalue weighted by Gasteiger charge is -2.44. The molecule has 0 fully saturated rings. The Kier molecular flexibility index (Phi) is 7.94. The van der Waals surface area contributed by atoms with Gasteiger partial charge in [-0.3, -0.25) is 0 Å². The fourth-order valence-electron chi connectivity index (χ4n) is 1.86. The summed E-state index contributed by atoms with van der Waals surface area (Å²) in [6.07, 6.45) is -15.6. The molecule has 0 saturated carbocycles. The Morgan fingerprint density at radius 2 is 0.514 bits per heavy atom. The molecule has 221 valence electrons. The first-order valence-electron chi connectivity index (χ1n) is 7.46. The van der Waals surface area contributed by atoms with Crippen LogP contribution in [0.2, 0.25) is 0 Å². The Balaban J connectivity index is 7.19. The number of hydrogen-bond acceptors (Lipinski definition) is 2. The maximum absolute atomic E-state index is 13.4. The van der Waals surface area contributed by atoms with Crippen LogP contribution in [0, 0.1) is 0 Å². The van der Waals surface area contributed by atoms with E-state index in [4.69, 9.17) is 0 Å². The monoisotopic (exact) mass is 613 g/mol. The Morgan fingerprint density at radius 1 is 0.324 bits per heavy atom. The van der Waals surface area contributed by atoms with Gasteiger partial charge in [0.1, 0.15) is 0 Å². The van der Waals surface area contributed by atoms with E-state index in [-0.39, 0.29) is 0 Å². The quantitative estimate of drug-likeness (QED) is 0.236.